The summed E-state index contributed by atoms with van der Waals surface area (Å²) in [7, 11) is 0. The van der Waals surface area contributed by atoms with Crippen LogP contribution in [0.5, 0.6) is 0 Å². The first-order valence-corrected chi connectivity index (χ1v) is 9.61. The van der Waals surface area contributed by atoms with Crippen LogP contribution >= 0.6 is 11.3 Å². The van der Waals surface area contributed by atoms with Gasteiger partial charge in [0, 0.05) is 11.1 Å². The van der Waals surface area contributed by atoms with E-state index in [0.29, 0.717) is 5.56 Å². The van der Waals surface area contributed by atoms with Crippen LogP contribution in [0, 0.1) is 5.82 Å². The van der Waals surface area contributed by atoms with Gasteiger partial charge in [0.15, 0.2) is 5.78 Å². The van der Waals surface area contributed by atoms with Crippen molar-refractivity contribution >= 4 is 39.5 Å². The first kappa shape index (κ1) is 18.0. The number of aromatic nitrogens is 1. The molecule has 0 radical (unpaired) electrons. The highest BCUT2D eigenvalue weighted by Gasteiger charge is 2.05. The number of carbonyl (C=O) groups is 1. The average Bonchev–Trinajstić information content (AvgIpc) is 3.16. The van der Waals surface area contributed by atoms with Crippen molar-refractivity contribution in [2.75, 3.05) is 0 Å². The summed E-state index contributed by atoms with van der Waals surface area (Å²) in [5, 5.41) is 0.973. The fourth-order valence-electron chi connectivity index (χ4n) is 2.75. The molecule has 28 heavy (non-hydrogen) atoms. The van der Waals surface area contributed by atoms with Crippen molar-refractivity contribution in [3.05, 3.63) is 102 Å². The Labute approximate surface area is 166 Å². The lowest BCUT2D eigenvalue weighted by Crippen LogP contribution is -1.86. The SMILES string of the molecule is O=C(C=Cc1ccc(-c2nc3ccccc3s2)cc1)C=Cc1ccccc1F. The zero-order chi connectivity index (χ0) is 19.3. The molecule has 4 rings (SSSR count). The number of carbonyl (C=O) groups excluding carboxylic acids is 1. The van der Waals surface area contributed by atoms with Gasteiger partial charge in [-0.05, 0) is 42.0 Å². The fraction of sp³-hybridized carbons (Fsp3) is 0. The van der Waals surface area contributed by atoms with Crippen LogP contribution in [0.4, 0.5) is 4.39 Å². The van der Waals surface area contributed by atoms with Gasteiger partial charge in [-0.25, -0.2) is 9.37 Å². The maximum Gasteiger partial charge on any atom is 0.178 e. The number of hydrogen-bond acceptors (Lipinski definition) is 3. The molecule has 0 saturated heterocycles. The smallest absolute Gasteiger partial charge is 0.178 e. The second-order valence-electron chi connectivity index (χ2n) is 6.20. The zero-order valence-corrected chi connectivity index (χ0v) is 15.7. The highest BCUT2D eigenvalue weighted by molar-refractivity contribution is 7.21. The van der Waals surface area contributed by atoms with Gasteiger partial charge in [-0.1, -0.05) is 60.7 Å². The van der Waals surface area contributed by atoms with Crippen LogP contribution in [0.3, 0.4) is 0 Å². The normalized spacial score (nSPS) is 11.6. The molecular weight excluding hydrogens is 369 g/mol. The summed E-state index contributed by atoms with van der Waals surface area (Å²) in [4.78, 5) is 16.6. The summed E-state index contributed by atoms with van der Waals surface area (Å²) in [5.41, 5.74) is 3.35. The Balaban J connectivity index is 1.45. The summed E-state index contributed by atoms with van der Waals surface area (Å²) < 4.78 is 14.7. The molecular formula is C24H16FNOS. The number of fused-ring (bicyclic) bond motifs is 1. The third-order valence-electron chi connectivity index (χ3n) is 4.22. The Kier molecular flexibility index (Phi) is 5.22. The Morgan fingerprint density at radius 1 is 0.857 bits per heavy atom. The van der Waals surface area contributed by atoms with Crippen molar-refractivity contribution in [2.24, 2.45) is 0 Å². The number of ketones is 1. The van der Waals surface area contributed by atoms with E-state index in [2.05, 4.69) is 11.1 Å². The topological polar surface area (TPSA) is 30.0 Å². The predicted octanol–water partition coefficient (Wildman–Crippen LogP) is 6.40. The maximum atomic E-state index is 13.6. The Morgan fingerprint density at radius 3 is 2.36 bits per heavy atom. The minimum Gasteiger partial charge on any atom is -0.290 e. The summed E-state index contributed by atoms with van der Waals surface area (Å²) >= 11 is 1.66. The lowest BCUT2D eigenvalue weighted by Gasteiger charge is -1.97. The summed E-state index contributed by atoms with van der Waals surface area (Å²) in [6, 6.07) is 22.3. The molecule has 1 heterocycles. The number of nitrogens with zero attached hydrogens (tertiary/aromatic N) is 1. The minimum absolute atomic E-state index is 0.196. The number of para-hydroxylation sites is 1. The number of allylic oxidation sites excluding steroid dienone is 2. The second kappa shape index (κ2) is 8.11. The van der Waals surface area contributed by atoms with Gasteiger partial charge >= 0.3 is 0 Å². The van der Waals surface area contributed by atoms with E-state index in [1.807, 2.05) is 42.5 Å². The van der Waals surface area contributed by atoms with E-state index >= 15 is 0 Å². The molecule has 3 aromatic carbocycles. The predicted molar refractivity (Wildman–Crippen MR) is 115 cm³/mol. The Bertz CT molecular complexity index is 1160. The van der Waals surface area contributed by atoms with Crippen molar-refractivity contribution in [3.8, 4) is 10.6 Å². The molecule has 0 amide bonds. The van der Waals surface area contributed by atoms with E-state index in [1.54, 1.807) is 35.6 Å². The number of hydrogen-bond donors (Lipinski definition) is 0. The van der Waals surface area contributed by atoms with E-state index < -0.39 is 0 Å². The highest BCUT2D eigenvalue weighted by Crippen LogP contribution is 2.30. The molecule has 4 aromatic rings. The zero-order valence-electron chi connectivity index (χ0n) is 14.9. The van der Waals surface area contributed by atoms with Crippen LogP contribution in [0.1, 0.15) is 11.1 Å². The molecule has 4 heteroatoms. The third-order valence-corrected chi connectivity index (χ3v) is 5.31. The monoisotopic (exact) mass is 385 g/mol. The summed E-state index contributed by atoms with van der Waals surface area (Å²) in [6.07, 6.45) is 6.07. The molecule has 0 saturated carbocycles. The van der Waals surface area contributed by atoms with Crippen LogP contribution in [-0.4, -0.2) is 10.8 Å². The average molecular weight is 385 g/mol. The van der Waals surface area contributed by atoms with Gasteiger partial charge in [0.1, 0.15) is 10.8 Å². The lowest BCUT2D eigenvalue weighted by molar-refractivity contribution is -0.110. The molecule has 136 valence electrons. The van der Waals surface area contributed by atoms with Crippen LogP contribution in [-0.2, 0) is 4.79 Å². The Morgan fingerprint density at radius 2 is 1.57 bits per heavy atom. The molecule has 1 aromatic heterocycles. The van der Waals surface area contributed by atoms with Crippen LogP contribution < -0.4 is 0 Å². The second-order valence-corrected chi connectivity index (χ2v) is 7.23. The van der Waals surface area contributed by atoms with E-state index in [4.69, 9.17) is 0 Å². The number of rotatable bonds is 5. The van der Waals surface area contributed by atoms with Crippen LogP contribution in [0.2, 0.25) is 0 Å². The molecule has 0 spiro atoms. The highest BCUT2D eigenvalue weighted by atomic mass is 32.1. The van der Waals surface area contributed by atoms with Crippen molar-refractivity contribution < 1.29 is 9.18 Å². The molecule has 2 nitrogen and oxygen atoms in total. The third kappa shape index (κ3) is 4.13. The van der Waals surface area contributed by atoms with E-state index in [1.165, 1.54) is 24.3 Å². The van der Waals surface area contributed by atoms with Crippen molar-refractivity contribution in [2.45, 2.75) is 0 Å². The molecule has 0 unspecified atom stereocenters. The number of benzene rings is 3. The first-order chi connectivity index (χ1) is 13.7. The molecule has 0 aliphatic rings. The van der Waals surface area contributed by atoms with Crippen molar-refractivity contribution in [3.63, 3.8) is 0 Å². The van der Waals surface area contributed by atoms with Gasteiger partial charge in [-0.15, -0.1) is 11.3 Å². The van der Waals surface area contributed by atoms with Crippen LogP contribution in [0.25, 0.3) is 32.9 Å². The minimum atomic E-state index is -0.346. The van der Waals surface area contributed by atoms with Crippen LogP contribution in [0.15, 0.2) is 84.9 Å². The lowest BCUT2D eigenvalue weighted by atomic mass is 10.1. The van der Waals surface area contributed by atoms with Gasteiger partial charge in [-0.2, -0.15) is 0 Å². The quantitative estimate of drug-likeness (QED) is 0.372. The van der Waals surface area contributed by atoms with E-state index in [9.17, 15) is 9.18 Å². The largest absolute Gasteiger partial charge is 0.290 e. The van der Waals surface area contributed by atoms with E-state index in [-0.39, 0.29) is 11.6 Å². The fourth-order valence-corrected chi connectivity index (χ4v) is 3.72. The van der Waals surface area contributed by atoms with Crippen molar-refractivity contribution in [1.82, 2.24) is 4.98 Å². The van der Waals surface area contributed by atoms with Gasteiger partial charge in [0.2, 0.25) is 0 Å². The molecule has 0 bridgehead atoms. The maximum absolute atomic E-state index is 13.6. The Hall–Kier alpha value is -3.37. The molecule has 0 N–H and O–H groups in total. The molecule has 0 aliphatic carbocycles. The van der Waals surface area contributed by atoms with Gasteiger partial charge < -0.3 is 0 Å². The molecule has 0 fully saturated rings. The standard InChI is InChI=1S/C24H16FNOS/c25-21-6-2-1-5-18(21)14-16-20(27)15-11-17-9-12-19(13-10-17)24-26-22-7-3-4-8-23(22)28-24/h1-16H. The van der Waals surface area contributed by atoms with Gasteiger partial charge in [-0.3, -0.25) is 4.79 Å². The number of halogens is 1. The number of thiazole rings is 1. The first-order valence-electron chi connectivity index (χ1n) is 8.80. The summed E-state index contributed by atoms with van der Waals surface area (Å²) in [6.45, 7) is 0. The van der Waals surface area contributed by atoms with E-state index in [0.717, 1.165) is 26.4 Å². The van der Waals surface area contributed by atoms with Crippen molar-refractivity contribution in [1.29, 1.82) is 0 Å². The molecule has 0 atom stereocenters. The van der Waals surface area contributed by atoms with Gasteiger partial charge in [0.25, 0.3) is 0 Å². The summed E-state index contributed by atoms with van der Waals surface area (Å²) in [5.74, 6) is -0.542. The molecule has 0 aliphatic heterocycles. The van der Waals surface area contributed by atoms with Gasteiger partial charge in [0.05, 0.1) is 10.2 Å².